The van der Waals surface area contributed by atoms with Gasteiger partial charge in [0.05, 0.1) is 0 Å². The van der Waals surface area contributed by atoms with Crippen LogP contribution >= 0.6 is 0 Å². The fourth-order valence-corrected chi connectivity index (χ4v) is 5.00. The molecule has 0 saturated heterocycles. The summed E-state index contributed by atoms with van der Waals surface area (Å²) in [6, 6.07) is 1.18. The summed E-state index contributed by atoms with van der Waals surface area (Å²) in [7, 11) is 2.07. The van der Waals surface area contributed by atoms with Crippen LogP contribution in [0.3, 0.4) is 0 Å². The number of rotatable bonds is 5. The van der Waals surface area contributed by atoms with Crippen LogP contribution in [0, 0.1) is 17.8 Å². The van der Waals surface area contributed by atoms with Crippen molar-refractivity contribution in [3.05, 3.63) is 0 Å². The van der Waals surface area contributed by atoms with Crippen molar-refractivity contribution in [2.45, 2.75) is 76.8 Å². The van der Waals surface area contributed by atoms with E-state index in [0.717, 1.165) is 12.5 Å². The third-order valence-corrected chi connectivity index (χ3v) is 6.33. The van der Waals surface area contributed by atoms with Gasteiger partial charge in [-0.15, -0.1) is 0 Å². The summed E-state index contributed by atoms with van der Waals surface area (Å²) >= 11 is 0. The third-order valence-electron chi connectivity index (χ3n) is 6.33. The van der Waals surface area contributed by atoms with Crippen LogP contribution in [0.4, 0.5) is 0 Å². The van der Waals surface area contributed by atoms with E-state index < -0.39 is 0 Å². The molecular formula is C18H32N2O. The van der Waals surface area contributed by atoms with Gasteiger partial charge in [-0.3, -0.25) is 4.79 Å². The molecular weight excluding hydrogens is 260 g/mol. The van der Waals surface area contributed by atoms with E-state index in [0.29, 0.717) is 29.8 Å². The topological polar surface area (TPSA) is 32.3 Å². The minimum absolute atomic E-state index is 0.365. The molecule has 3 fully saturated rings. The SMILES string of the molecule is CCCNC1CCC(N(C)C(=O)C2CC3CCC2C3)CC1. The summed E-state index contributed by atoms with van der Waals surface area (Å²) in [5.74, 6) is 2.41. The fourth-order valence-electron chi connectivity index (χ4n) is 5.00. The van der Waals surface area contributed by atoms with Crippen molar-refractivity contribution in [1.82, 2.24) is 10.2 Å². The lowest BCUT2D eigenvalue weighted by Gasteiger charge is -2.37. The van der Waals surface area contributed by atoms with E-state index in [1.54, 1.807) is 0 Å². The van der Waals surface area contributed by atoms with Crippen molar-refractivity contribution in [2.75, 3.05) is 13.6 Å². The quantitative estimate of drug-likeness (QED) is 0.844. The van der Waals surface area contributed by atoms with E-state index in [2.05, 4.69) is 24.2 Å². The fraction of sp³-hybridized carbons (Fsp3) is 0.944. The predicted octanol–water partition coefficient (Wildman–Crippen LogP) is 3.19. The molecule has 3 rings (SSSR count). The van der Waals surface area contributed by atoms with E-state index in [4.69, 9.17) is 0 Å². The lowest BCUT2D eigenvalue weighted by molar-refractivity contribution is -0.138. The van der Waals surface area contributed by atoms with Crippen molar-refractivity contribution >= 4 is 5.91 Å². The lowest BCUT2D eigenvalue weighted by Crippen LogP contribution is -2.46. The molecule has 0 aromatic carbocycles. The highest BCUT2D eigenvalue weighted by atomic mass is 16.2. The molecule has 0 radical (unpaired) electrons. The van der Waals surface area contributed by atoms with Gasteiger partial charge in [-0.25, -0.2) is 0 Å². The van der Waals surface area contributed by atoms with Crippen molar-refractivity contribution in [2.24, 2.45) is 17.8 Å². The third kappa shape index (κ3) is 3.28. The Balaban J connectivity index is 1.47. The highest BCUT2D eigenvalue weighted by Crippen LogP contribution is 2.49. The molecule has 3 saturated carbocycles. The van der Waals surface area contributed by atoms with Crippen LogP contribution in [-0.4, -0.2) is 36.5 Å². The smallest absolute Gasteiger partial charge is 0.225 e. The van der Waals surface area contributed by atoms with E-state index in [-0.39, 0.29) is 0 Å². The van der Waals surface area contributed by atoms with Crippen molar-refractivity contribution in [3.8, 4) is 0 Å². The Bertz CT molecular complexity index is 362. The molecule has 1 N–H and O–H groups in total. The molecule has 0 aromatic heterocycles. The molecule has 3 unspecified atom stereocenters. The first-order chi connectivity index (χ1) is 10.2. The highest BCUT2D eigenvalue weighted by molar-refractivity contribution is 5.79. The Hall–Kier alpha value is -0.570. The van der Waals surface area contributed by atoms with Crippen molar-refractivity contribution in [1.29, 1.82) is 0 Å². The molecule has 3 atom stereocenters. The standard InChI is InChI=1S/C18H32N2O/c1-3-10-19-15-6-8-16(9-7-15)20(2)18(21)17-12-13-4-5-14(17)11-13/h13-17,19H,3-12H2,1-2H3. The average Bonchev–Trinajstić information content (AvgIpc) is 3.15. The van der Waals surface area contributed by atoms with Gasteiger partial charge in [0.1, 0.15) is 0 Å². The van der Waals surface area contributed by atoms with Crippen LogP contribution in [0.15, 0.2) is 0 Å². The summed E-state index contributed by atoms with van der Waals surface area (Å²) in [5, 5.41) is 3.63. The lowest BCUT2D eigenvalue weighted by atomic mass is 9.85. The van der Waals surface area contributed by atoms with E-state index in [1.807, 2.05) is 0 Å². The Kier molecular flexibility index (Phi) is 4.88. The second kappa shape index (κ2) is 6.68. The molecule has 21 heavy (non-hydrogen) atoms. The first kappa shape index (κ1) is 15.3. The Morgan fingerprint density at radius 3 is 2.43 bits per heavy atom. The maximum atomic E-state index is 12.8. The van der Waals surface area contributed by atoms with Gasteiger partial charge >= 0.3 is 0 Å². The van der Waals surface area contributed by atoms with Gasteiger partial charge in [0.25, 0.3) is 0 Å². The molecule has 3 aliphatic rings. The summed E-state index contributed by atoms with van der Waals surface area (Å²) in [6.45, 7) is 3.36. The van der Waals surface area contributed by atoms with Crippen LogP contribution in [0.2, 0.25) is 0 Å². The average molecular weight is 292 g/mol. The zero-order valence-electron chi connectivity index (χ0n) is 13.8. The number of hydrogen-bond acceptors (Lipinski definition) is 2. The molecule has 3 aliphatic carbocycles. The van der Waals surface area contributed by atoms with Crippen molar-refractivity contribution < 1.29 is 4.79 Å². The maximum absolute atomic E-state index is 12.8. The normalized spacial score (nSPS) is 38.7. The van der Waals surface area contributed by atoms with E-state index >= 15 is 0 Å². The van der Waals surface area contributed by atoms with Gasteiger partial charge in [0.15, 0.2) is 0 Å². The predicted molar refractivity (Wildman–Crippen MR) is 86.0 cm³/mol. The summed E-state index contributed by atoms with van der Waals surface area (Å²) in [6.07, 6.45) is 11.3. The molecule has 0 aromatic rings. The van der Waals surface area contributed by atoms with Crippen LogP contribution in [0.5, 0.6) is 0 Å². The number of carbonyl (C=O) groups is 1. The molecule has 3 nitrogen and oxygen atoms in total. The minimum atomic E-state index is 0.365. The molecule has 0 aliphatic heterocycles. The summed E-state index contributed by atoms with van der Waals surface area (Å²) < 4.78 is 0. The van der Waals surface area contributed by atoms with Crippen LogP contribution in [-0.2, 0) is 4.79 Å². The van der Waals surface area contributed by atoms with Gasteiger partial charge in [0.2, 0.25) is 5.91 Å². The summed E-state index contributed by atoms with van der Waals surface area (Å²) in [5.41, 5.74) is 0. The number of hydrogen-bond donors (Lipinski definition) is 1. The molecule has 3 heteroatoms. The van der Waals surface area contributed by atoms with Crippen molar-refractivity contribution in [3.63, 3.8) is 0 Å². The second-order valence-corrected chi connectivity index (χ2v) is 7.69. The first-order valence-electron chi connectivity index (χ1n) is 9.19. The van der Waals surface area contributed by atoms with Gasteiger partial charge < -0.3 is 10.2 Å². The van der Waals surface area contributed by atoms with E-state index in [9.17, 15) is 4.79 Å². The maximum Gasteiger partial charge on any atom is 0.225 e. The Morgan fingerprint density at radius 1 is 1.10 bits per heavy atom. The zero-order valence-corrected chi connectivity index (χ0v) is 13.8. The van der Waals surface area contributed by atoms with E-state index in [1.165, 1.54) is 57.8 Å². The van der Waals surface area contributed by atoms with Gasteiger partial charge in [-0.1, -0.05) is 13.3 Å². The molecule has 120 valence electrons. The van der Waals surface area contributed by atoms with Crippen LogP contribution in [0.1, 0.15) is 64.7 Å². The largest absolute Gasteiger partial charge is 0.343 e. The van der Waals surface area contributed by atoms with Crippen LogP contribution < -0.4 is 5.32 Å². The zero-order chi connectivity index (χ0) is 14.8. The van der Waals surface area contributed by atoms with Gasteiger partial charge in [-0.05, 0) is 69.7 Å². The number of nitrogens with zero attached hydrogens (tertiary/aromatic N) is 1. The van der Waals surface area contributed by atoms with Crippen LogP contribution in [0.25, 0.3) is 0 Å². The monoisotopic (exact) mass is 292 g/mol. The molecule has 1 amide bonds. The Morgan fingerprint density at radius 2 is 1.86 bits per heavy atom. The Labute approximate surface area is 129 Å². The molecule has 0 spiro atoms. The number of nitrogens with one attached hydrogen (secondary N) is 1. The molecule has 2 bridgehead atoms. The number of fused-ring (bicyclic) bond motifs is 2. The van der Waals surface area contributed by atoms with Gasteiger partial charge in [0, 0.05) is 25.0 Å². The number of amides is 1. The summed E-state index contributed by atoms with van der Waals surface area (Å²) in [4.78, 5) is 14.9. The minimum Gasteiger partial charge on any atom is -0.343 e. The second-order valence-electron chi connectivity index (χ2n) is 7.69. The highest BCUT2D eigenvalue weighted by Gasteiger charge is 2.44. The van der Waals surface area contributed by atoms with Gasteiger partial charge in [-0.2, -0.15) is 0 Å². The number of carbonyl (C=O) groups excluding carboxylic acids is 1. The first-order valence-corrected chi connectivity index (χ1v) is 9.19. The molecule has 0 heterocycles.